The molecule has 1 saturated carbocycles. The fraction of sp³-hybridized carbons (Fsp3) is 0.571. The number of nitrogens with one attached hydrogen (secondary N) is 1. The summed E-state index contributed by atoms with van der Waals surface area (Å²) in [7, 11) is 0. The van der Waals surface area contributed by atoms with Crippen LogP contribution in [0, 0.1) is 5.41 Å². The van der Waals surface area contributed by atoms with E-state index in [9.17, 15) is 0 Å². The Labute approximate surface area is 119 Å². The molecule has 0 saturated heterocycles. The average Bonchev–Trinajstić information content (AvgIpc) is 2.38. The highest BCUT2D eigenvalue weighted by Gasteiger charge is 2.49. The van der Waals surface area contributed by atoms with Gasteiger partial charge in [0, 0.05) is 24.3 Å². The summed E-state index contributed by atoms with van der Waals surface area (Å²) in [6.07, 6.45) is 3.00. The van der Waals surface area contributed by atoms with Crippen LogP contribution in [0.5, 0.6) is 0 Å². The fourth-order valence-corrected chi connectivity index (χ4v) is 2.68. The SMILES string of the molecule is CCOC1CC(Nc2cccnc2C(N)=S)C1(C)C. The largest absolute Gasteiger partial charge is 0.388 e. The van der Waals surface area contributed by atoms with Crippen LogP contribution in [0.3, 0.4) is 0 Å². The van der Waals surface area contributed by atoms with Gasteiger partial charge in [0.1, 0.15) is 10.7 Å². The Kier molecular flexibility index (Phi) is 4.06. The predicted molar refractivity (Wildman–Crippen MR) is 81.3 cm³/mol. The molecule has 4 nitrogen and oxygen atoms in total. The molecule has 3 N–H and O–H groups in total. The number of ether oxygens (including phenoxy) is 1. The third-order valence-electron chi connectivity index (χ3n) is 3.92. The third-order valence-corrected chi connectivity index (χ3v) is 4.11. The zero-order chi connectivity index (χ0) is 14.0. The van der Waals surface area contributed by atoms with E-state index in [2.05, 4.69) is 24.1 Å². The Morgan fingerprint density at radius 2 is 2.37 bits per heavy atom. The van der Waals surface area contributed by atoms with E-state index >= 15 is 0 Å². The second-order valence-corrected chi connectivity index (χ2v) is 5.90. The van der Waals surface area contributed by atoms with Gasteiger partial charge in [0.15, 0.2) is 0 Å². The number of aromatic nitrogens is 1. The molecule has 1 aliphatic rings. The Hall–Kier alpha value is -1.20. The first-order valence-corrected chi connectivity index (χ1v) is 7.00. The van der Waals surface area contributed by atoms with Crippen LogP contribution in [0.4, 0.5) is 5.69 Å². The van der Waals surface area contributed by atoms with Gasteiger partial charge >= 0.3 is 0 Å². The van der Waals surface area contributed by atoms with Crippen LogP contribution in [0.15, 0.2) is 18.3 Å². The van der Waals surface area contributed by atoms with Gasteiger partial charge in [-0.05, 0) is 25.5 Å². The number of rotatable bonds is 5. The van der Waals surface area contributed by atoms with E-state index in [4.69, 9.17) is 22.7 Å². The summed E-state index contributed by atoms with van der Waals surface area (Å²) < 4.78 is 5.73. The van der Waals surface area contributed by atoms with Gasteiger partial charge in [0.05, 0.1) is 11.8 Å². The summed E-state index contributed by atoms with van der Waals surface area (Å²) in [5.74, 6) is 0. The molecular formula is C14H21N3OS. The molecule has 0 bridgehead atoms. The molecule has 1 fully saturated rings. The smallest absolute Gasteiger partial charge is 0.124 e. The minimum absolute atomic E-state index is 0.0966. The van der Waals surface area contributed by atoms with Crippen LogP contribution in [0.2, 0.25) is 0 Å². The first kappa shape index (κ1) is 14.2. The van der Waals surface area contributed by atoms with Crippen LogP contribution in [-0.4, -0.2) is 28.7 Å². The summed E-state index contributed by atoms with van der Waals surface area (Å²) in [4.78, 5) is 4.55. The standard InChI is InChI=1S/C14H21N3OS/c1-4-18-11-8-10(14(11,2)3)17-9-6-5-7-16-12(9)13(15)19/h5-7,10-11,17H,4,8H2,1-3H3,(H2,15,19). The maximum absolute atomic E-state index is 5.73. The Balaban J connectivity index is 2.10. The van der Waals surface area contributed by atoms with Crippen LogP contribution in [0.1, 0.15) is 32.9 Å². The first-order chi connectivity index (χ1) is 8.96. The molecule has 0 amide bonds. The second-order valence-electron chi connectivity index (χ2n) is 5.46. The van der Waals surface area contributed by atoms with Gasteiger partial charge in [-0.25, -0.2) is 0 Å². The molecule has 2 rings (SSSR count). The van der Waals surface area contributed by atoms with Crippen LogP contribution < -0.4 is 11.1 Å². The summed E-state index contributed by atoms with van der Waals surface area (Å²) in [6.45, 7) is 7.21. The zero-order valence-electron chi connectivity index (χ0n) is 11.6. The molecule has 1 heterocycles. The predicted octanol–water partition coefficient (Wildman–Crippen LogP) is 2.33. The van der Waals surface area contributed by atoms with Crippen molar-refractivity contribution in [1.82, 2.24) is 4.98 Å². The highest BCUT2D eigenvalue weighted by molar-refractivity contribution is 7.80. The maximum Gasteiger partial charge on any atom is 0.124 e. The summed E-state index contributed by atoms with van der Waals surface area (Å²) in [6, 6.07) is 4.20. The van der Waals surface area contributed by atoms with E-state index in [1.165, 1.54) is 0 Å². The number of hydrogen-bond donors (Lipinski definition) is 2. The second kappa shape index (κ2) is 5.43. The normalized spacial score (nSPS) is 24.6. The van der Waals surface area contributed by atoms with Crippen molar-refractivity contribution in [3.63, 3.8) is 0 Å². The average molecular weight is 279 g/mol. The minimum atomic E-state index is 0.0966. The Morgan fingerprint density at radius 3 is 2.95 bits per heavy atom. The molecule has 5 heteroatoms. The van der Waals surface area contributed by atoms with Crippen molar-refractivity contribution in [1.29, 1.82) is 0 Å². The van der Waals surface area contributed by atoms with Crippen LogP contribution >= 0.6 is 12.2 Å². The molecule has 2 atom stereocenters. The van der Waals surface area contributed by atoms with Gasteiger partial charge in [-0.1, -0.05) is 26.1 Å². The molecule has 0 aromatic carbocycles. The van der Waals surface area contributed by atoms with Crippen molar-refractivity contribution in [2.45, 2.75) is 39.3 Å². The lowest BCUT2D eigenvalue weighted by molar-refractivity contribution is -0.0976. The van der Waals surface area contributed by atoms with Crippen molar-refractivity contribution in [3.05, 3.63) is 24.0 Å². The van der Waals surface area contributed by atoms with Gasteiger partial charge in [-0.2, -0.15) is 0 Å². The van der Waals surface area contributed by atoms with Crippen LogP contribution in [-0.2, 0) is 4.74 Å². The number of nitrogens with zero attached hydrogens (tertiary/aromatic N) is 1. The highest BCUT2D eigenvalue weighted by atomic mass is 32.1. The Morgan fingerprint density at radius 1 is 1.63 bits per heavy atom. The van der Waals surface area contributed by atoms with Crippen molar-refractivity contribution < 1.29 is 4.74 Å². The molecule has 2 unspecified atom stereocenters. The van der Waals surface area contributed by atoms with Gasteiger partial charge in [0.25, 0.3) is 0 Å². The van der Waals surface area contributed by atoms with Gasteiger partial charge < -0.3 is 15.8 Å². The van der Waals surface area contributed by atoms with E-state index in [-0.39, 0.29) is 5.41 Å². The first-order valence-electron chi connectivity index (χ1n) is 6.59. The zero-order valence-corrected chi connectivity index (χ0v) is 12.5. The molecule has 1 aliphatic carbocycles. The monoisotopic (exact) mass is 279 g/mol. The highest BCUT2D eigenvalue weighted by Crippen LogP contribution is 2.44. The maximum atomic E-state index is 5.73. The van der Waals surface area contributed by atoms with E-state index in [1.54, 1.807) is 6.20 Å². The lowest BCUT2D eigenvalue weighted by Gasteiger charge is -2.52. The molecular weight excluding hydrogens is 258 g/mol. The van der Waals surface area contributed by atoms with E-state index in [1.807, 2.05) is 19.1 Å². The fourth-order valence-electron chi connectivity index (χ4n) is 2.52. The van der Waals surface area contributed by atoms with Gasteiger partial charge in [-0.3, -0.25) is 4.98 Å². The molecule has 19 heavy (non-hydrogen) atoms. The van der Waals surface area contributed by atoms with Crippen molar-refractivity contribution in [3.8, 4) is 0 Å². The molecule has 104 valence electrons. The summed E-state index contributed by atoms with van der Waals surface area (Å²) in [5.41, 5.74) is 7.36. The van der Waals surface area contributed by atoms with Crippen molar-refractivity contribution >= 4 is 22.9 Å². The number of hydrogen-bond acceptors (Lipinski definition) is 4. The summed E-state index contributed by atoms with van der Waals surface area (Å²) in [5, 5.41) is 3.50. The van der Waals surface area contributed by atoms with Gasteiger partial charge in [-0.15, -0.1) is 0 Å². The lowest BCUT2D eigenvalue weighted by atomic mass is 9.64. The number of pyridine rings is 1. The van der Waals surface area contributed by atoms with Gasteiger partial charge in [0.2, 0.25) is 0 Å². The number of nitrogens with two attached hydrogens (primary N) is 1. The molecule has 0 aliphatic heterocycles. The van der Waals surface area contributed by atoms with E-state index in [0.717, 1.165) is 18.7 Å². The molecule has 1 aromatic rings. The van der Waals surface area contributed by atoms with Crippen molar-refractivity contribution in [2.75, 3.05) is 11.9 Å². The quantitative estimate of drug-likeness (QED) is 0.810. The van der Waals surface area contributed by atoms with Crippen molar-refractivity contribution in [2.24, 2.45) is 11.1 Å². The number of anilines is 1. The lowest BCUT2D eigenvalue weighted by Crippen LogP contribution is -2.58. The molecule has 1 aromatic heterocycles. The minimum Gasteiger partial charge on any atom is -0.388 e. The Bertz CT molecular complexity index is 476. The molecule has 0 spiro atoms. The van der Waals surface area contributed by atoms with Crippen LogP contribution in [0.25, 0.3) is 0 Å². The van der Waals surface area contributed by atoms with E-state index < -0.39 is 0 Å². The summed E-state index contributed by atoms with van der Waals surface area (Å²) >= 11 is 5.03. The topological polar surface area (TPSA) is 60.2 Å². The third kappa shape index (κ3) is 2.72. The molecule has 0 radical (unpaired) electrons. The number of thiocarbonyl (C=S) groups is 1. The van der Waals surface area contributed by atoms with E-state index in [0.29, 0.717) is 22.8 Å².